The zero-order valence-electron chi connectivity index (χ0n) is 9.28. The third kappa shape index (κ3) is 2.96. The molecule has 0 saturated carbocycles. The molecule has 0 radical (unpaired) electrons. The second kappa shape index (κ2) is 5.67. The van der Waals surface area contributed by atoms with E-state index in [1.165, 1.54) is 18.2 Å². The van der Waals surface area contributed by atoms with Crippen molar-refractivity contribution in [2.45, 2.75) is 0 Å². The van der Waals surface area contributed by atoms with Gasteiger partial charge in [-0.1, -0.05) is 0 Å². The van der Waals surface area contributed by atoms with E-state index in [0.29, 0.717) is 0 Å². The molecule has 1 rings (SSSR count). The molecule has 1 aromatic rings. The number of phenolic OH excluding ortho intramolecular Hbond substituents is 1. The van der Waals surface area contributed by atoms with Crippen molar-refractivity contribution in [2.24, 2.45) is 0 Å². The summed E-state index contributed by atoms with van der Waals surface area (Å²) in [4.78, 5) is 10.0. The van der Waals surface area contributed by atoms with E-state index in [4.69, 9.17) is 20.9 Å². The van der Waals surface area contributed by atoms with Crippen molar-refractivity contribution in [3.05, 3.63) is 39.6 Å². The molecule has 8 heteroatoms. The quantitative estimate of drug-likeness (QED) is 0.360. The number of nitro groups is 1. The van der Waals surface area contributed by atoms with E-state index in [9.17, 15) is 10.1 Å². The highest BCUT2D eigenvalue weighted by Crippen LogP contribution is 2.29. The summed E-state index contributed by atoms with van der Waals surface area (Å²) >= 11 is 0. The van der Waals surface area contributed by atoms with Crippen LogP contribution in [0.4, 0.5) is 11.4 Å². The van der Waals surface area contributed by atoms with E-state index in [0.717, 1.165) is 12.1 Å². The minimum absolute atomic E-state index is 0.109. The van der Waals surface area contributed by atoms with Crippen LogP contribution in [0.15, 0.2) is 29.5 Å². The van der Waals surface area contributed by atoms with Crippen LogP contribution in [-0.4, -0.2) is 10.0 Å². The predicted octanol–water partition coefficient (Wildman–Crippen LogP) is 1.54. The maximum Gasteiger partial charge on any atom is 0.296 e. The van der Waals surface area contributed by atoms with E-state index < -0.39 is 21.9 Å². The SMILES string of the molecule is N#CC(C#N)=C(C#N)Nc1ccc(O)cc1[N+](=O)[O-]. The lowest BCUT2D eigenvalue weighted by Crippen LogP contribution is -2.03. The number of nitro benzene ring substituents is 1. The zero-order chi connectivity index (χ0) is 14.4. The largest absolute Gasteiger partial charge is 0.508 e. The molecule has 2 N–H and O–H groups in total. The molecule has 0 unspecified atom stereocenters. The molecule has 0 aliphatic heterocycles. The van der Waals surface area contributed by atoms with Crippen LogP contribution in [-0.2, 0) is 0 Å². The van der Waals surface area contributed by atoms with Crippen LogP contribution in [0.3, 0.4) is 0 Å². The molecule has 0 aliphatic carbocycles. The summed E-state index contributed by atoms with van der Waals surface area (Å²) in [7, 11) is 0. The molecule has 0 bridgehead atoms. The van der Waals surface area contributed by atoms with Crippen molar-refractivity contribution in [1.29, 1.82) is 15.8 Å². The number of rotatable bonds is 3. The number of aromatic hydroxyl groups is 1. The normalized spacial score (nSPS) is 8.47. The predicted molar refractivity (Wildman–Crippen MR) is 62.2 cm³/mol. The Balaban J connectivity index is 3.32. The van der Waals surface area contributed by atoms with Gasteiger partial charge in [0.25, 0.3) is 5.69 Å². The lowest BCUT2D eigenvalue weighted by Gasteiger charge is -2.05. The molecule has 1 aromatic carbocycles. The molecular weight excluding hydrogens is 250 g/mol. The number of nitrogens with one attached hydrogen (secondary N) is 1. The molecule has 19 heavy (non-hydrogen) atoms. The Morgan fingerprint density at radius 3 is 2.37 bits per heavy atom. The molecule has 0 atom stereocenters. The lowest BCUT2D eigenvalue weighted by molar-refractivity contribution is -0.384. The average molecular weight is 255 g/mol. The van der Waals surface area contributed by atoms with Crippen LogP contribution in [0.25, 0.3) is 0 Å². The highest BCUT2D eigenvalue weighted by atomic mass is 16.6. The number of anilines is 1. The first-order valence-electron chi connectivity index (χ1n) is 4.72. The Labute approximate surface area is 107 Å². The summed E-state index contributed by atoms with van der Waals surface area (Å²) in [6.45, 7) is 0. The van der Waals surface area contributed by atoms with Crippen LogP contribution < -0.4 is 5.32 Å². The zero-order valence-corrected chi connectivity index (χ0v) is 9.28. The summed E-state index contributed by atoms with van der Waals surface area (Å²) in [6.07, 6.45) is 0. The smallest absolute Gasteiger partial charge is 0.296 e. The number of hydrogen-bond donors (Lipinski definition) is 2. The second-order valence-corrected chi connectivity index (χ2v) is 3.17. The topological polar surface area (TPSA) is 147 Å². The van der Waals surface area contributed by atoms with Crippen molar-refractivity contribution in [1.82, 2.24) is 0 Å². The standard InChI is InChI=1S/C11H5N5O3/c12-4-7(5-13)10(6-14)15-9-2-1-8(17)3-11(9)16(18)19/h1-3,15,17H. The van der Waals surface area contributed by atoms with E-state index >= 15 is 0 Å². The Hall–Kier alpha value is -3.57. The number of benzene rings is 1. The van der Waals surface area contributed by atoms with Crippen LogP contribution in [0, 0.1) is 44.1 Å². The van der Waals surface area contributed by atoms with Crippen molar-refractivity contribution in [3.8, 4) is 24.0 Å². The number of nitrogens with zero attached hydrogens (tertiary/aromatic N) is 4. The van der Waals surface area contributed by atoms with Gasteiger partial charge in [0.2, 0.25) is 0 Å². The number of phenols is 1. The first kappa shape index (κ1) is 13.5. The van der Waals surface area contributed by atoms with Gasteiger partial charge in [-0.05, 0) is 12.1 Å². The Morgan fingerprint density at radius 1 is 1.26 bits per heavy atom. The Bertz CT molecular complexity index is 672. The fraction of sp³-hybridized carbons (Fsp3) is 0. The molecule has 0 heterocycles. The fourth-order valence-corrected chi connectivity index (χ4v) is 1.19. The third-order valence-corrected chi connectivity index (χ3v) is 2.02. The molecule has 0 amide bonds. The van der Waals surface area contributed by atoms with Gasteiger partial charge in [-0.2, -0.15) is 15.8 Å². The summed E-state index contributed by atoms with van der Waals surface area (Å²) in [5.41, 5.74) is -1.49. The van der Waals surface area contributed by atoms with Crippen LogP contribution in [0.1, 0.15) is 0 Å². The molecular formula is C11H5N5O3. The summed E-state index contributed by atoms with van der Waals surface area (Å²) in [5.74, 6) is -0.319. The first-order chi connectivity index (χ1) is 9.03. The van der Waals surface area contributed by atoms with Gasteiger partial charge in [0.1, 0.15) is 35.3 Å². The van der Waals surface area contributed by atoms with E-state index in [1.807, 2.05) is 0 Å². The van der Waals surface area contributed by atoms with Crippen molar-refractivity contribution < 1.29 is 10.0 Å². The van der Waals surface area contributed by atoms with E-state index in [2.05, 4.69) is 5.32 Å². The Morgan fingerprint density at radius 2 is 1.89 bits per heavy atom. The minimum atomic E-state index is -0.768. The molecule has 0 spiro atoms. The van der Waals surface area contributed by atoms with Gasteiger partial charge < -0.3 is 10.4 Å². The van der Waals surface area contributed by atoms with E-state index in [1.54, 1.807) is 6.07 Å². The van der Waals surface area contributed by atoms with Crippen molar-refractivity contribution in [2.75, 3.05) is 5.32 Å². The molecule has 0 saturated heterocycles. The maximum atomic E-state index is 10.8. The van der Waals surface area contributed by atoms with Gasteiger partial charge in [0.15, 0.2) is 5.57 Å². The molecule has 0 aromatic heterocycles. The maximum absolute atomic E-state index is 10.8. The van der Waals surface area contributed by atoms with Gasteiger partial charge in [-0.15, -0.1) is 0 Å². The van der Waals surface area contributed by atoms with Gasteiger partial charge >= 0.3 is 0 Å². The Kier molecular flexibility index (Phi) is 4.03. The monoisotopic (exact) mass is 255 g/mol. The van der Waals surface area contributed by atoms with Crippen LogP contribution in [0.5, 0.6) is 5.75 Å². The van der Waals surface area contributed by atoms with Crippen molar-refractivity contribution >= 4 is 11.4 Å². The average Bonchev–Trinajstić information content (AvgIpc) is 2.40. The van der Waals surface area contributed by atoms with Gasteiger partial charge in [0.05, 0.1) is 11.0 Å². The lowest BCUT2D eigenvalue weighted by atomic mass is 10.2. The third-order valence-electron chi connectivity index (χ3n) is 2.02. The summed E-state index contributed by atoms with van der Waals surface area (Å²) in [6, 6.07) is 7.78. The van der Waals surface area contributed by atoms with Gasteiger partial charge in [0, 0.05) is 0 Å². The second-order valence-electron chi connectivity index (χ2n) is 3.17. The molecule has 0 fully saturated rings. The fourth-order valence-electron chi connectivity index (χ4n) is 1.19. The highest BCUT2D eigenvalue weighted by Gasteiger charge is 2.17. The molecule has 0 aliphatic rings. The van der Waals surface area contributed by atoms with Crippen LogP contribution in [0.2, 0.25) is 0 Å². The number of nitriles is 3. The van der Waals surface area contributed by atoms with Crippen LogP contribution >= 0.6 is 0 Å². The summed E-state index contributed by atoms with van der Waals surface area (Å²) in [5, 5.41) is 48.3. The first-order valence-corrected chi connectivity index (χ1v) is 4.72. The molecule has 92 valence electrons. The number of allylic oxidation sites excluding steroid dienone is 2. The van der Waals surface area contributed by atoms with Gasteiger partial charge in [-0.3, -0.25) is 10.1 Å². The summed E-state index contributed by atoms with van der Waals surface area (Å²) < 4.78 is 0. The van der Waals surface area contributed by atoms with Crippen molar-refractivity contribution in [3.63, 3.8) is 0 Å². The van der Waals surface area contributed by atoms with Gasteiger partial charge in [-0.25, -0.2) is 0 Å². The van der Waals surface area contributed by atoms with E-state index in [-0.39, 0.29) is 11.4 Å². The number of hydrogen-bond acceptors (Lipinski definition) is 7. The minimum Gasteiger partial charge on any atom is -0.508 e. The highest BCUT2D eigenvalue weighted by molar-refractivity contribution is 5.69. The molecule has 8 nitrogen and oxygen atoms in total.